The van der Waals surface area contributed by atoms with Gasteiger partial charge in [-0.2, -0.15) is 13.2 Å². The van der Waals surface area contributed by atoms with Gasteiger partial charge < -0.3 is 15.3 Å². The second-order valence-corrected chi connectivity index (χ2v) is 15.1. The molecule has 0 aliphatic carbocycles. The number of piperazine rings is 2. The molecular formula is C34H46F4N6O3. The summed E-state index contributed by atoms with van der Waals surface area (Å²) in [5.41, 5.74) is 1.30. The molecule has 1 aromatic carbocycles. The molecule has 5 rings (SSSR count). The Balaban J connectivity index is 1.45. The summed E-state index contributed by atoms with van der Waals surface area (Å²) in [7, 11) is 0. The number of alkyl halides is 3. The lowest BCUT2D eigenvalue weighted by Crippen LogP contribution is -2.73. The van der Waals surface area contributed by atoms with Gasteiger partial charge in [0.15, 0.2) is 0 Å². The first-order chi connectivity index (χ1) is 21.8. The van der Waals surface area contributed by atoms with E-state index in [1.165, 1.54) is 21.9 Å². The molecule has 3 atom stereocenters. The summed E-state index contributed by atoms with van der Waals surface area (Å²) in [4.78, 5) is 38.0. The van der Waals surface area contributed by atoms with Crippen molar-refractivity contribution in [1.29, 1.82) is 0 Å². The first-order valence-electron chi connectivity index (χ1n) is 16.1. The lowest BCUT2D eigenvalue weighted by molar-refractivity contribution is -0.191. The molecule has 47 heavy (non-hydrogen) atoms. The molecular weight excluding hydrogens is 616 g/mol. The Morgan fingerprint density at radius 3 is 2.34 bits per heavy atom. The number of nitrogens with one attached hydrogen (secondary N) is 1. The molecule has 13 heteroatoms. The van der Waals surface area contributed by atoms with E-state index in [0.29, 0.717) is 25.2 Å². The van der Waals surface area contributed by atoms with Gasteiger partial charge in [-0.25, -0.2) is 9.18 Å². The highest BCUT2D eigenvalue weighted by molar-refractivity contribution is 5.97. The average Bonchev–Trinajstić information content (AvgIpc) is 3.24. The predicted molar refractivity (Wildman–Crippen MR) is 171 cm³/mol. The number of carbonyl (C=O) groups is 2. The average molecular weight is 663 g/mol. The summed E-state index contributed by atoms with van der Waals surface area (Å²) in [6.45, 7) is 12.4. The first-order valence-corrected chi connectivity index (χ1v) is 16.1. The fraction of sp³-hybridized carbons (Fsp3) is 0.618. The smallest absolute Gasteiger partial charge is 0.407 e. The van der Waals surface area contributed by atoms with Gasteiger partial charge in [-0.15, -0.1) is 0 Å². The molecule has 1 unspecified atom stereocenters. The van der Waals surface area contributed by atoms with Gasteiger partial charge in [-0.05, 0) is 48.1 Å². The van der Waals surface area contributed by atoms with E-state index >= 15 is 0 Å². The number of pyridine rings is 1. The molecule has 2 amide bonds. The van der Waals surface area contributed by atoms with E-state index in [1.54, 1.807) is 23.2 Å². The minimum atomic E-state index is -4.46. The normalized spacial score (nSPS) is 25.6. The molecule has 2 aromatic rings. The number of carboxylic acid groups (broad SMARTS) is 1. The zero-order valence-electron chi connectivity index (χ0n) is 28.0. The Morgan fingerprint density at radius 1 is 1.04 bits per heavy atom. The maximum atomic E-state index is 14.3. The van der Waals surface area contributed by atoms with Crippen molar-refractivity contribution in [2.24, 2.45) is 5.41 Å². The molecule has 0 bridgehead atoms. The van der Waals surface area contributed by atoms with Gasteiger partial charge in [0.25, 0.3) is 0 Å². The van der Waals surface area contributed by atoms with Crippen LogP contribution in [0.1, 0.15) is 58.4 Å². The SMILES string of the molecule is CC1(C)CN(C(=O)CN2C[C@@](C)(C(C)(C)C)N(C(=O)O)C[C@@H]2CN2CCNCC2C(F)(F)F)c2cc(Cc3ccc(F)cc3)cnc21. The van der Waals surface area contributed by atoms with E-state index in [4.69, 9.17) is 4.98 Å². The van der Waals surface area contributed by atoms with E-state index in [-0.39, 0.29) is 51.0 Å². The number of hydrogen-bond donors (Lipinski definition) is 2. The number of benzene rings is 1. The summed E-state index contributed by atoms with van der Waals surface area (Å²) in [5.74, 6) is -0.550. The van der Waals surface area contributed by atoms with Crippen LogP contribution in [0, 0.1) is 11.2 Å². The second-order valence-electron chi connectivity index (χ2n) is 15.1. The maximum Gasteiger partial charge on any atom is 0.407 e. The van der Waals surface area contributed by atoms with Gasteiger partial charge in [-0.3, -0.25) is 24.5 Å². The number of halogens is 4. The van der Waals surface area contributed by atoms with E-state index in [2.05, 4.69) is 5.32 Å². The van der Waals surface area contributed by atoms with Crippen molar-refractivity contribution in [1.82, 2.24) is 25.0 Å². The molecule has 2 saturated heterocycles. The van der Waals surface area contributed by atoms with E-state index in [1.807, 2.05) is 52.5 Å². The van der Waals surface area contributed by atoms with Crippen LogP contribution in [0.3, 0.4) is 0 Å². The molecule has 3 aliphatic heterocycles. The van der Waals surface area contributed by atoms with Crippen molar-refractivity contribution in [2.45, 2.75) is 77.2 Å². The lowest BCUT2D eigenvalue weighted by Gasteiger charge is -2.57. The highest BCUT2D eigenvalue weighted by atomic mass is 19.4. The molecule has 1 aromatic heterocycles. The van der Waals surface area contributed by atoms with Gasteiger partial charge >= 0.3 is 12.3 Å². The van der Waals surface area contributed by atoms with Crippen molar-refractivity contribution in [2.75, 3.05) is 57.3 Å². The van der Waals surface area contributed by atoms with Crippen LogP contribution in [0.4, 0.5) is 28.0 Å². The van der Waals surface area contributed by atoms with Crippen LogP contribution in [0.25, 0.3) is 0 Å². The topological polar surface area (TPSA) is 92.2 Å². The number of hydrogen-bond acceptors (Lipinski definition) is 6. The first kappa shape index (κ1) is 35.0. The van der Waals surface area contributed by atoms with Crippen molar-refractivity contribution < 1.29 is 32.3 Å². The minimum Gasteiger partial charge on any atom is -0.465 e. The monoisotopic (exact) mass is 662 g/mol. The molecule has 0 radical (unpaired) electrons. The van der Waals surface area contributed by atoms with Crippen molar-refractivity contribution in [3.63, 3.8) is 0 Å². The summed E-state index contributed by atoms with van der Waals surface area (Å²) in [5, 5.41) is 13.1. The lowest BCUT2D eigenvalue weighted by atomic mass is 9.71. The van der Waals surface area contributed by atoms with Gasteiger partial charge in [0.05, 0.1) is 23.5 Å². The van der Waals surface area contributed by atoms with Crippen molar-refractivity contribution in [3.8, 4) is 0 Å². The van der Waals surface area contributed by atoms with Crippen LogP contribution in [0.15, 0.2) is 36.5 Å². The van der Waals surface area contributed by atoms with Crippen LogP contribution in [0.5, 0.6) is 0 Å². The minimum absolute atomic E-state index is 0.0314. The van der Waals surface area contributed by atoms with E-state index < -0.39 is 40.7 Å². The Kier molecular flexibility index (Phi) is 9.41. The fourth-order valence-corrected chi connectivity index (χ4v) is 7.18. The Labute approximate surface area is 273 Å². The van der Waals surface area contributed by atoms with Crippen molar-refractivity contribution in [3.05, 3.63) is 59.2 Å². The standard InChI is InChI=1S/C34H46F4N6O3/c1-31(2,3)33(6)21-42(25(18-44(33)30(46)47)17-41-12-11-39-16-27(41)34(36,37)38)19-28(45)43-20-32(4,5)29-26(43)14-23(15-40-29)13-22-7-9-24(35)10-8-22/h7-10,14-15,25,27,39H,11-13,16-21H2,1-6H3,(H,46,47)/t25-,27?,33-/m0/s1. The molecule has 2 fully saturated rings. The molecule has 0 saturated carbocycles. The van der Waals surface area contributed by atoms with Crippen molar-refractivity contribution >= 4 is 17.7 Å². The van der Waals surface area contributed by atoms with Crippen LogP contribution in [-0.4, -0.2) is 113 Å². The number of fused-ring (bicyclic) bond motifs is 1. The van der Waals surface area contributed by atoms with Gasteiger partial charge in [-0.1, -0.05) is 46.8 Å². The van der Waals surface area contributed by atoms with Gasteiger partial charge in [0, 0.05) is 63.5 Å². The highest BCUT2D eigenvalue weighted by Gasteiger charge is 2.53. The molecule has 0 spiro atoms. The Morgan fingerprint density at radius 2 is 1.72 bits per heavy atom. The zero-order valence-corrected chi connectivity index (χ0v) is 28.0. The quantitative estimate of drug-likeness (QED) is 0.432. The Bertz CT molecular complexity index is 1480. The largest absolute Gasteiger partial charge is 0.465 e. The zero-order chi connectivity index (χ0) is 34.5. The highest BCUT2D eigenvalue weighted by Crippen LogP contribution is 2.42. The summed E-state index contributed by atoms with van der Waals surface area (Å²) in [6, 6.07) is 5.80. The number of aromatic nitrogens is 1. The number of anilines is 1. The van der Waals surface area contributed by atoms with E-state index in [9.17, 15) is 32.3 Å². The van der Waals surface area contributed by atoms with Gasteiger partial charge in [0.2, 0.25) is 5.91 Å². The third kappa shape index (κ3) is 7.12. The van der Waals surface area contributed by atoms with Crippen LogP contribution in [-0.2, 0) is 16.6 Å². The molecule has 3 aliphatic rings. The third-order valence-corrected chi connectivity index (χ3v) is 10.4. The number of rotatable bonds is 6. The van der Waals surface area contributed by atoms with Crippen LogP contribution in [0.2, 0.25) is 0 Å². The molecule has 4 heterocycles. The Hall–Kier alpha value is -3.29. The maximum absolute atomic E-state index is 14.3. The molecule has 2 N–H and O–H groups in total. The second kappa shape index (κ2) is 12.6. The number of nitrogens with zero attached hydrogens (tertiary/aromatic N) is 5. The number of carbonyl (C=O) groups excluding carboxylic acids is 1. The molecule has 9 nitrogen and oxygen atoms in total. The van der Waals surface area contributed by atoms with Crippen LogP contribution < -0.4 is 10.2 Å². The fourth-order valence-electron chi connectivity index (χ4n) is 7.18. The third-order valence-electron chi connectivity index (χ3n) is 10.4. The summed E-state index contributed by atoms with van der Waals surface area (Å²) >= 11 is 0. The van der Waals surface area contributed by atoms with E-state index in [0.717, 1.165) is 16.8 Å². The predicted octanol–water partition coefficient (Wildman–Crippen LogP) is 4.74. The van der Waals surface area contributed by atoms with Crippen LogP contribution >= 0.6 is 0 Å². The number of amides is 2. The molecule has 258 valence electrons. The summed E-state index contributed by atoms with van der Waals surface area (Å²) in [6.07, 6.45) is -3.32. The van der Waals surface area contributed by atoms with Gasteiger partial charge in [0.1, 0.15) is 11.9 Å². The summed E-state index contributed by atoms with van der Waals surface area (Å²) < 4.78 is 55.7.